The first-order chi connectivity index (χ1) is 8.61. The van der Waals surface area contributed by atoms with Crippen LogP contribution >= 0.6 is 0 Å². The minimum Gasteiger partial charge on any atom is -0.395 e. The highest BCUT2D eigenvalue weighted by Gasteiger charge is 2.18. The number of nitrogens with zero attached hydrogens (tertiary/aromatic N) is 2. The zero-order valence-corrected chi connectivity index (χ0v) is 11.0. The van der Waals surface area contributed by atoms with Crippen LogP contribution in [0.25, 0.3) is 0 Å². The first-order valence-corrected chi connectivity index (χ1v) is 6.16. The normalized spacial score (nSPS) is 10.1. The summed E-state index contributed by atoms with van der Waals surface area (Å²) in [6.07, 6.45) is 7.68. The van der Waals surface area contributed by atoms with E-state index in [1.165, 1.54) is 0 Å². The van der Waals surface area contributed by atoms with Crippen LogP contribution in [0.2, 0.25) is 0 Å². The van der Waals surface area contributed by atoms with Crippen LogP contribution in [0.5, 0.6) is 0 Å². The van der Waals surface area contributed by atoms with Crippen molar-refractivity contribution < 1.29 is 4.79 Å². The van der Waals surface area contributed by atoms with E-state index in [1.54, 1.807) is 11.6 Å². The second kappa shape index (κ2) is 6.70. The van der Waals surface area contributed by atoms with Gasteiger partial charge >= 0.3 is 0 Å². The van der Waals surface area contributed by atoms with Crippen molar-refractivity contribution in [2.75, 3.05) is 12.3 Å². The van der Waals surface area contributed by atoms with Gasteiger partial charge in [-0.05, 0) is 26.7 Å². The molecule has 0 fully saturated rings. The molecule has 1 aromatic heterocycles. The van der Waals surface area contributed by atoms with E-state index in [0.29, 0.717) is 30.2 Å². The molecule has 0 saturated carbocycles. The Morgan fingerprint density at radius 3 is 2.89 bits per heavy atom. The number of terminal acetylenes is 1. The van der Waals surface area contributed by atoms with Crippen molar-refractivity contribution in [2.24, 2.45) is 0 Å². The molecular formula is C13H20N4O. The average Bonchev–Trinajstić information content (AvgIpc) is 2.65. The quantitative estimate of drug-likeness (QED) is 0.589. The highest BCUT2D eigenvalue weighted by molar-refractivity contribution is 5.97. The number of amides is 1. The maximum absolute atomic E-state index is 12.0. The van der Waals surface area contributed by atoms with Gasteiger partial charge in [-0.25, -0.2) is 0 Å². The number of rotatable bonds is 6. The van der Waals surface area contributed by atoms with Crippen LogP contribution in [0.1, 0.15) is 42.4 Å². The molecule has 5 nitrogen and oxygen atoms in total. The number of hydrogen-bond acceptors (Lipinski definition) is 3. The molecule has 1 aromatic rings. The number of aromatic nitrogens is 2. The maximum atomic E-state index is 12.0. The number of anilines is 1. The van der Waals surface area contributed by atoms with Crippen LogP contribution < -0.4 is 11.1 Å². The van der Waals surface area contributed by atoms with Crippen molar-refractivity contribution in [1.29, 1.82) is 0 Å². The summed E-state index contributed by atoms with van der Waals surface area (Å²) in [6.45, 7) is 4.95. The fraction of sp³-hybridized carbons (Fsp3) is 0.538. The number of carbonyl (C=O) groups excluding carboxylic acids is 1. The van der Waals surface area contributed by atoms with Crippen molar-refractivity contribution in [1.82, 2.24) is 15.1 Å². The Bertz CT molecular complexity index is 456. The van der Waals surface area contributed by atoms with Gasteiger partial charge in [0.1, 0.15) is 5.69 Å². The summed E-state index contributed by atoms with van der Waals surface area (Å²) < 4.78 is 1.63. The van der Waals surface area contributed by atoms with Crippen LogP contribution in [-0.4, -0.2) is 22.2 Å². The Balaban J connectivity index is 2.59. The van der Waals surface area contributed by atoms with E-state index in [9.17, 15) is 4.79 Å². The molecule has 0 aliphatic rings. The van der Waals surface area contributed by atoms with Crippen LogP contribution in [0.15, 0.2) is 0 Å². The Hall–Kier alpha value is -1.96. The van der Waals surface area contributed by atoms with Gasteiger partial charge in [0.05, 0.1) is 11.4 Å². The van der Waals surface area contributed by atoms with E-state index in [4.69, 9.17) is 12.2 Å². The van der Waals surface area contributed by atoms with Crippen LogP contribution in [0.3, 0.4) is 0 Å². The standard InChI is InChI=1S/C13H20N4O/c1-4-6-7-8-9-15-13(18)12-11(14)10(3)16-17(12)5-2/h1H,5-9,14H2,2-3H3,(H,15,18). The largest absolute Gasteiger partial charge is 0.395 e. The van der Waals surface area contributed by atoms with E-state index in [-0.39, 0.29) is 5.91 Å². The molecule has 0 spiro atoms. The van der Waals surface area contributed by atoms with Crippen LogP contribution in [0, 0.1) is 19.3 Å². The molecule has 1 amide bonds. The highest BCUT2D eigenvalue weighted by atomic mass is 16.2. The molecule has 0 atom stereocenters. The lowest BCUT2D eigenvalue weighted by molar-refractivity contribution is 0.0943. The summed E-state index contributed by atoms with van der Waals surface area (Å²) >= 11 is 0. The molecule has 5 heteroatoms. The molecule has 1 heterocycles. The molecule has 98 valence electrons. The third-order valence-corrected chi connectivity index (χ3v) is 2.72. The van der Waals surface area contributed by atoms with Gasteiger partial charge in [-0.15, -0.1) is 12.3 Å². The highest BCUT2D eigenvalue weighted by Crippen LogP contribution is 2.16. The summed E-state index contributed by atoms with van der Waals surface area (Å²) in [5.74, 6) is 2.40. The second-order valence-electron chi connectivity index (χ2n) is 4.08. The number of hydrogen-bond donors (Lipinski definition) is 2. The molecule has 3 N–H and O–H groups in total. The molecular weight excluding hydrogens is 228 g/mol. The zero-order valence-electron chi connectivity index (χ0n) is 11.0. The number of carbonyl (C=O) groups is 1. The van der Waals surface area contributed by atoms with Crippen molar-refractivity contribution in [3.05, 3.63) is 11.4 Å². The minimum absolute atomic E-state index is 0.171. The molecule has 0 unspecified atom stereocenters. The summed E-state index contributed by atoms with van der Waals surface area (Å²) in [4.78, 5) is 12.0. The predicted octanol–water partition coefficient (Wildman–Crippen LogP) is 1.33. The summed E-state index contributed by atoms with van der Waals surface area (Å²) in [7, 11) is 0. The molecule has 1 rings (SSSR count). The number of unbranched alkanes of at least 4 members (excludes halogenated alkanes) is 2. The van der Waals surface area contributed by atoms with Gasteiger partial charge in [0.25, 0.3) is 5.91 Å². The molecule has 0 aromatic carbocycles. The number of aryl methyl sites for hydroxylation is 2. The van der Waals surface area contributed by atoms with Crippen LogP contribution in [0.4, 0.5) is 5.69 Å². The van der Waals surface area contributed by atoms with Gasteiger partial charge in [0, 0.05) is 19.5 Å². The van der Waals surface area contributed by atoms with Crippen molar-refractivity contribution in [3.63, 3.8) is 0 Å². The lowest BCUT2D eigenvalue weighted by Crippen LogP contribution is -2.27. The van der Waals surface area contributed by atoms with Gasteiger partial charge in [-0.3, -0.25) is 9.48 Å². The molecule has 18 heavy (non-hydrogen) atoms. The fourth-order valence-corrected chi connectivity index (χ4v) is 1.70. The van der Waals surface area contributed by atoms with E-state index >= 15 is 0 Å². The lowest BCUT2D eigenvalue weighted by atomic mass is 10.2. The lowest BCUT2D eigenvalue weighted by Gasteiger charge is -2.07. The van der Waals surface area contributed by atoms with Crippen LogP contribution in [-0.2, 0) is 6.54 Å². The smallest absolute Gasteiger partial charge is 0.271 e. The Morgan fingerprint density at radius 1 is 1.56 bits per heavy atom. The number of nitrogens with two attached hydrogens (primary N) is 1. The summed E-state index contributed by atoms with van der Waals surface area (Å²) in [5, 5.41) is 7.05. The Kier molecular flexibility index (Phi) is 5.25. The summed E-state index contributed by atoms with van der Waals surface area (Å²) in [5.41, 5.74) is 7.46. The second-order valence-corrected chi connectivity index (χ2v) is 4.08. The maximum Gasteiger partial charge on any atom is 0.271 e. The van der Waals surface area contributed by atoms with Gasteiger partial charge in [-0.2, -0.15) is 5.10 Å². The van der Waals surface area contributed by atoms with E-state index in [2.05, 4.69) is 16.3 Å². The monoisotopic (exact) mass is 248 g/mol. The first kappa shape index (κ1) is 14.1. The number of nitrogens with one attached hydrogen (secondary N) is 1. The van der Waals surface area contributed by atoms with E-state index < -0.39 is 0 Å². The van der Waals surface area contributed by atoms with Crippen molar-refractivity contribution in [2.45, 2.75) is 39.7 Å². The Labute approximate surface area is 108 Å². The third-order valence-electron chi connectivity index (χ3n) is 2.72. The number of nitrogen functional groups attached to an aromatic ring is 1. The fourth-order valence-electron chi connectivity index (χ4n) is 1.70. The van der Waals surface area contributed by atoms with Crippen molar-refractivity contribution in [3.8, 4) is 12.3 Å². The van der Waals surface area contributed by atoms with Gasteiger partial charge in [0.15, 0.2) is 0 Å². The molecule has 0 bridgehead atoms. The SMILES string of the molecule is C#CCCCCNC(=O)c1c(N)c(C)nn1CC. The van der Waals surface area contributed by atoms with Gasteiger partial charge in [-0.1, -0.05) is 0 Å². The third kappa shape index (κ3) is 3.27. The average molecular weight is 248 g/mol. The van der Waals surface area contributed by atoms with Crippen molar-refractivity contribution >= 4 is 11.6 Å². The Morgan fingerprint density at radius 2 is 2.28 bits per heavy atom. The topological polar surface area (TPSA) is 72.9 Å². The van der Waals surface area contributed by atoms with E-state index in [1.807, 2.05) is 6.92 Å². The van der Waals surface area contributed by atoms with Gasteiger partial charge < -0.3 is 11.1 Å². The predicted molar refractivity (Wildman–Crippen MR) is 72.1 cm³/mol. The molecule has 0 saturated heterocycles. The minimum atomic E-state index is -0.171. The van der Waals surface area contributed by atoms with E-state index in [0.717, 1.165) is 19.3 Å². The molecule has 0 aliphatic heterocycles. The van der Waals surface area contributed by atoms with Gasteiger partial charge in [0.2, 0.25) is 0 Å². The zero-order chi connectivity index (χ0) is 13.5. The molecule has 0 aliphatic carbocycles. The summed E-state index contributed by atoms with van der Waals surface area (Å²) in [6, 6.07) is 0. The molecule has 0 radical (unpaired) electrons. The first-order valence-electron chi connectivity index (χ1n) is 6.16.